The number of nitrogens with one attached hydrogen (secondary N) is 1. The largest absolute Gasteiger partial charge is 0.496 e. The Balaban J connectivity index is 1.80. The molecule has 1 unspecified atom stereocenters. The molecule has 148 valence electrons. The molecule has 1 N–H and O–H groups in total. The molecule has 0 amide bonds. The van der Waals surface area contributed by atoms with Gasteiger partial charge in [-0.15, -0.1) is 0 Å². The van der Waals surface area contributed by atoms with E-state index >= 15 is 0 Å². The van der Waals surface area contributed by atoms with Gasteiger partial charge in [0, 0.05) is 18.7 Å². The molecule has 3 aromatic rings. The summed E-state index contributed by atoms with van der Waals surface area (Å²) >= 11 is 6.19. The highest BCUT2D eigenvalue weighted by Gasteiger charge is 2.23. The monoisotopic (exact) mass is 405 g/mol. The van der Waals surface area contributed by atoms with E-state index in [0.717, 1.165) is 12.8 Å². The Morgan fingerprint density at radius 2 is 1.89 bits per heavy atom. The third kappa shape index (κ3) is 3.27. The third-order valence-electron chi connectivity index (χ3n) is 4.57. The maximum absolute atomic E-state index is 6.19. The van der Waals surface area contributed by atoms with Gasteiger partial charge in [-0.3, -0.25) is 4.57 Å². The average molecular weight is 406 g/mol. The smallest absolute Gasteiger partial charge is 0.226 e. The lowest BCUT2D eigenvalue weighted by Crippen LogP contribution is -2.07. The van der Waals surface area contributed by atoms with E-state index < -0.39 is 0 Å². The fourth-order valence-electron chi connectivity index (χ4n) is 3.22. The summed E-state index contributed by atoms with van der Waals surface area (Å²) in [4.78, 5) is 13.1. The molecule has 3 heterocycles. The van der Waals surface area contributed by atoms with Gasteiger partial charge in [0.15, 0.2) is 17.0 Å². The fourth-order valence-corrected chi connectivity index (χ4v) is 3.38. The predicted octanol–water partition coefficient (Wildman–Crippen LogP) is 3.56. The van der Waals surface area contributed by atoms with Gasteiger partial charge in [0.25, 0.3) is 0 Å². The van der Waals surface area contributed by atoms with E-state index in [1.807, 2.05) is 4.57 Å². The molecule has 0 spiro atoms. The van der Waals surface area contributed by atoms with Crippen LogP contribution in [-0.4, -0.2) is 47.5 Å². The van der Waals surface area contributed by atoms with Crippen molar-refractivity contribution in [2.75, 3.05) is 33.3 Å². The van der Waals surface area contributed by atoms with Crippen LogP contribution in [0.3, 0.4) is 0 Å². The molecule has 10 heteroatoms. The van der Waals surface area contributed by atoms with E-state index in [1.165, 1.54) is 0 Å². The van der Waals surface area contributed by atoms with Crippen LogP contribution >= 0.6 is 11.6 Å². The Bertz CT molecular complexity index is 978. The second-order valence-electron chi connectivity index (χ2n) is 6.16. The Kier molecular flexibility index (Phi) is 5.10. The second kappa shape index (κ2) is 7.69. The van der Waals surface area contributed by atoms with Crippen molar-refractivity contribution in [2.45, 2.75) is 19.1 Å². The quantitative estimate of drug-likeness (QED) is 0.622. The van der Waals surface area contributed by atoms with Crippen LogP contribution in [0, 0.1) is 0 Å². The number of hydrogen-bond donors (Lipinski definition) is 1. The zero-order chi connectivity index (χ0) is 19.7. The van der Waals surface area contributed by atoms with Crippen LogP contribution in [0.2, 0.25) is 5.28 Å². The number of fused-ring (bicyclic) bond motifs is 1. The minimum absolute atomic E-state index is 0.0983. The summed E-state index contributed by atoms with van der Waals surface area (Å²) in [5.41, 5.74) is 1.74. The van der Waals surface area contributed by atoms with Crippen molar-refractivity contribution in [3.8, 4) is 17.2 Å². The first-order valence-corrected chi connectivity index (χ1v) is 9.11. The van der Waals surface area contributed by atoms with E-state index in [0.29, 0.717) is 46.5 Å². The Morgan fingerprint density at radius 3 is 2.50 bits per heavy atom. The van der Waals surface area contributed by atoms with Crippen molar-refractivity contribution >= 4 is 34.3 Å². The molecule has 1 saturated heterocycles. The lowest BCUT2D eigenvalue weighted by molar-refractivity contribution is 0.0593. The van der Waals surface area contributed by atoms with Gasteiger partial charge in [-0.25, -0.2) is 4.98 Å². The zero-order valence-electron chi connectivity index (χ0n) is 15.7. The number of ether oxygens (including phenoxy) is 4. The summed E-state index contributed by atoms with van der Waals surface area (Å²) in [5, 5.41) is 3.32. The first-order chi connectivity index (χ1) is 13.6. The molecule has 1 fully saturated rings. The van der Waals surface area contributed by atoms with Crippen molar-refractivity contribution in [1.29, 1.82) is 0 Å². The van der Waals surface area contributed by atoms with Crippen LogP contribution in [0.15, 0.2) is 18.5 Å². The van der Waals surface area contributed by atoms with Gasteiger partial charge in [0.05, 0.1) is 27.7 Å². The number of methoxy groups -OCH3 is 3. The number of nitrogens with zero attached hydrogens (tertiary/aromatic N) is 4. The molecule has 1 aliphatic heterocycles. The highest BCUT2D eigenvalue weighted by Crippen LogP contribution is 2.41. The van der Waals surface area contributed by atoms with E-state index in [1.54, 1.807) is 39.8 Å². The van der Waals surface area contributed by atoms with Gasteiger partial charge >= 0.3 is 0 Å². The summed E-state index contributed by atoms with van der Waals surface area (Å²) in [6.45, 7) is 0.717. The number of aromatic nitrogens is 4. The van der Waals surface area contributed by atoms with Crippen LogP contribution in [0.5, 0.6) is 17.2 Å². The SMILES string of the molecule is COc1cc(OC)c(Nc2nc(Cl)nc3c2ncn3C2CCCO2)c(OC)c1. The molecular formula is C18H20ClN5O4. The maximum atomic E-state index is 6.19. The van der Waals surface area contributed by atoms with Gasteiger partial charge in [0.2, 0.25) is 5.28 Å². The van der Waals surface area contributed by atoms with Crippen molar-refractivity contribution < 1.29 is 18.9 Å². The van der Waals surface area contributed by atoms with E-state index in [4.69, 9.17) is 30.5 Å². The second-order valence-corrected chi connectivity index (χ2v) is 6.50. The molecule has 2 aromatic heterocycles. The van der Waals surface area contributed by atoms with Crippen molar-refractivity contribution in [3.63, 3.8) is 0 Å². The highest BCUT2D eigenvalue weighted by atomic mass is 35.5. The lowest BCUT2D eigenvalue weighted by Gasteiger charge is -2.16. The average Bonchev–Trinajstić information content (AvgIpc) is 3.37. The summed E-state index contributed by atoms with van der Waals surface area (Å²) < 4.78 is 23.9. The van der Waals surface area contributed by atoms with Gasteiger partial charge in [-0.2, -0.15) is 9.97 Å². The van der Waals surface area contributed by atoms with Gasteiger partial charge < -0.3 is 24.3 Å². The lowest BCUT2D eigenvalue weighted by atomic mass is 10.2. The predicted molar refractivity (Wildman–Crippen MR) is 104 cm³/mol. The molecule has 1 aliphatic rings. The number of halogens is 1. The molecule has 0 saturated carbocycles. The topological polar surface area (TPSA) is 92.6 Å². The molecule has 0 radical (unpaired) electrons. The molecule has 4 rings (SSSR count). The molecule has 28 heavy (non-hydrogen) atoms. The molecule has 0 bridgehead atoms. The third-order valence-corrected chi connectivity index (χ3v) is 4.74. The van der Waals surface area contributed by atoms with Crippen LogP contribution in [0.4, 0.5) is 11.5 Å². The standard InChI is InChI=1S/C18H20ClN5O4/c1-25-10-7-11(26-2)14(12(8-10)27-3)21-16-15-17(23-18(19)22-16)24(9-20-15)13-5-4-6-28-13/h7-9,13H,4-6H2,1-3H3,(H,21,22,23). The van der Waals surface area contributed by atoms with E-state index in [2.05, 4.69) is 20.3 Å². The van der Waals surface area contributed by atoms with E-state index in [-0.39, 0.29) is 11.5 Å². The van der Waals surface area contributed by atoms with Crippen LogP contribution < -0.4 is 19.5 Å². The van der Waals surface area contributed by atoms with Crippen molar-refractivity contribution in [1.82, 2.24) is 19.5 Å². The van der Waals surface area contributed by atoms with Crippen molar-refractivity contribution in [2.24, 2.45) is 0 Å². The first kappa shape index (κ1) is 18.6. The number of imidazole rings is 1. The number of hydrogen-bond acceptors (Lipinski definition) is 8. The van der Waals surface area contributed by atoms with Crippen molar-refractivity contribution in [3.05, 3.63) is 23.7 Å². The minimum atomic E-state index is -0.103. The van der Waals surface area contributed by atoms with E-state index in [9.17, 15) is 0 Å². The summed E-state index contributed by atoms with van der Waals surface area (Å²) in [6.07, 6.45) is 3.48. The Morgan fingerprint density at radius 1 is 1.14 bits per heavy atom. The highest BCUT2D eigenvalue weighted by molar-refractivity contribution is 6.28. The van der Waals surface area contributed by atoms with Crippen LogP contribution in [-0.2, 0) is 4.74 Å². The molecule has 1 aromatic carbocycles. The minimum Gasteiger partial charge on any atom is -0.496 e. The Labute approximate surface area is 166 Å². The molecule has 0 aliphatic carbocycles. The fraction of sp³-hybridized carbons (Fsp3) is 0.389. The Hall–Kier alpha value is -2.78. The first-order valence-electron chi connectivity index (χ1n) is 8.73. The molecule has 9 nitrogen and oxygen atoms in total. The number of benzene rings is 1. The van der Waals surface area contributed by atoms with Gasteiger partial charge in [-0.05, 0) is 24.4 Å². The summed E-state index contributed by atoms with van der Waals surface area (Å²) in [5.74, 6) is 2.09. The van der Waals surface area contributed by atoms with Crippen LogP contribution in [0.1, 0.15) is 19.1 Å². The van der Waals surface area contributed by atoms with Crippen LogP contribution in [0.25, 0.3) is 11.2 Å². The van der Waals surface area contributed by atoms with Gasteiger partial charge in [0.1, 0.15) is 29.2 Å². The molecular weight excluding hydrogens is 386 g/mol. The summed E-state index contributed by atoms with van der Waals surface area (Å²) in [6, 6.07) is 3.49. The number of anilines is 2. The molecule has 1 atom stereocenters. The summed E-state index contributed by atoms with van der Waals surface area (Å²) in [7, 11) is 4.70. The van der Waals surface area contributed by atoms with Gasteiger partial charge in [-0.1, -0.05) is 0 Å². The normalized spacial score (nSPS) is 16.4. The number of rotatable bonds is 6. The maximum Gasteiger partial charge on any atom is 0.226 e. The zero-order valence-corrected chi connectivity index (χ0v) is 16.5.